The van der Waals surface area contributed by atoms with Crippen LogP contribution in [0, 0.1) is 0 Å². The van der Waals surface area contributed by atoms with E-state index in [1.54, 1.807) is 19.5 Å². The summed E-state index contributed by atoms with van der Waals surface area (Å²) in [5.41, 5.74) is 2.59. The maximum Gasteiger partial charge on any atom is 0.319 e. The van der Waals surface area contributed by atoms with Gasteiger partial charge in [0.1, 0.15) is 5.75 Å². The second kappa shape index (κ2) is 7.86. The second-order valence-corrected chi connectivity index (χ2v) is 6.30. The molecule has 2 aromatic heterocycles. The molecule has 3 aromatic rings. The van der Waals surface area contributed by atoms with Crippen LogP contribution in [0.25, 0.3) is 11.0 Å². The zero-order valence-corrected chi connectivity index (χ0v) is 15.2. The first-order valence-electron chi connectivity index (χ1n) is 8.58. The van der Waals surface area contributed by atoms with E-state index in [-0.39, 0.29) is 12.1 Å². The third-order valence-corrected chi connectivity index (χ3v) is 4.04. The SMILES string of the molecule is COc1ccc(CCNC(=O)Nc2cnc3c(cnn3C(C)C)c2)cc1. The Morgan fingerprint density at radius 1 is 1.23 bits per heavy atom. The molecule has 26 heavy (non-hydrogen) atoms. The van der Waals surface area contributed by atoms with E-state index < -0.39 is 0 Å². The molecule has 7 heteroatoms. The number of fused-ring (bicyclic) bond motifs is 1. The van der Waals surface area contributed by atoms with Crippen molar-refractivity contribution in [1.82, 2.24) is 20.1 Å². The van der Waals surface area contributed by atoms with Gasteiger partial charge in [-0.25, -0.2) is 14.5 Å². The van der Waals surface area contributed by atoms with Crippen molar-refractivity contribution in [2.75, 3.05) is 19.0 Å². The van der Waals surface area contributed by atoms with E-state index in [2.05, 4.69) is 34.6 Å². The lowest BCUT2D eigenvalue weighted by molar-refractivity contribution is 0.252. The van der Waals surface area contributed by atoms with Crippen LogP contribution < -0.4 is 15.4 Å². The van der Waals surface area contributed by atoms with Crippen LogP contribution in [0.2, 0.25) is 0 Å². The van der Waals surface area contributed by atoms with Crippen molar-refractivity contribution >= 4 is 22.8 Å². The van der Waals surface area contributed by atoms with Crippen molar-refractivity contribution in [2.24, 2.45) is 0 Å². The summed E-state index contributed by atoms with van der Waals surface area (Å²) in [5.74, 6) is 0.822. The van der Waals surface area contributed by atoms with E-state index in [1.165, 1.54) is 0 Å². The molecular weight excluding hydrogens is 330 g/mol. The first-order valence-corrected chi connectivity index (χ1v) is 8.58. The predicted octanol–water partition coefficient (Wildman–Crippen LogP) is 3.39. The number of aromatic nitrogens is 3. The van der Waals surface area contributed by atoms with E-state index in [0.29, 0.717) is 12.2 Å². The van der Waals surface area contributed by atoms with Crippen molar-refractivity contribution < 1.29 is 9.53 Å². The summed E-state index contributed by atoms with van der Waals surface area (Å²) in [7, 11) is 1.64. The van der Waals surface area contributed by atoms with Crippen LogP contribution in [-0.4, -0.2) is 34.5 Å². The molecule has 2 N–H and O–H groups in total. The Morgan fingerprint density at radius 2 is 2.00 bits per heavy atom. The van der Waals surface area contributed by atoms with Gasteiger partial charge in [0.2, 0.25) is 0 Å². The zero-order chi connectivity index (χ0) is 18.5. The summed E-state index contributed by atoms with van der Waals surface area (Å²) in [6.45, 7) is 4.65. The monoisotopic (exact) mass is 353 g/mol. The molecule has 3 rings (SSSR count). The van der Waals surface area contributed by atoms with Crippen LogP contribution >= 0.6 is 0 Å². The lowest BCUT2D eigenvalue weighted by Crippen LogP contribution is -2.30. The number of hydrogen-bond donors (Lipinski definition) is 2. The average molecular weight is 353 g/mol. The number of amides is 2. The smallest absolute Gasteiger partial charge is 0.319 e. The number of pyridine rings is 1. The molecule has 2 heterocycles. The number of urea groups is 1. The molecule has 0 fully saturated rings. The largest absolute Gasteiger partial charge is 0.497 e. The standard InChI is InChI=1S/C19H23N5O2/c1-13(2)24-18-15(11-22-24)10-16(12-21-18)23-19(25)20-9-8-14-4-6-17(26-3)7-5-14/h4-7,10-13H,8-9H2,1-3H3,(H2,20,23,25). The fourth-order valence-corrected chi connectivity index (χ4v) is 2.67. The molecule has 0 aliphatic carbocycles. The van der Waals surface area contributed by atoms with Gasteiger partial charge in [0.05, 0.1) is 25.2 Å². The highest BCUT2D eigenvalue weighted by Crippen LogP contribution is 2.19. The highest BCUT2D eigenvalue weighted by atomic mass is 16.5. The van der Waals surface area contributed by atoms with Gasteiger partial charge >= 0.3 is 6.03 Å². The number of carbonyl (C=O) groups is 1. The van der Waals surface area contributed by atoms with Crippen molar-refractivity contribution in [3.63, 3.8) is 0 Å². The van der Waals surface area contributed by atoms with Gasteiger partial charge in [-0.2, -0.15) is 5.10 Å². The molecule has 0 saturated heterocycles. The predicted molar refractivity (Wildman–Crippen MR) is 102 cm³/mol. The van der Waals surface area contributed by atoms with Gasteiger partial charge in [0, 0.05) is 18.0 Å². The number of anilines is 1. The Kier molecular flexibility index (Phi) is 5.36. The number of hydrogen-bond acceptors (Lipinski definition) is 4. The van der Waals surface area contributed by atoms with Crippen LogP contribution in [0.15, 0.2) is 42.7 Å². The maximum absolute atomic E-state index is 12.1. The Morgan fingerprint density at radius 3 is 2.69 bits per heavy atom. The van der Waals surface area contributed by atoms with Crippen LogP contribution in [0.1, 0.15) is 25.5 Å². The second-order valence-electron chi connectivity index (χ2n) is 6.30. The molecule has 0 bridgehead atoms. The maximum atomic E-state index is 12.1. The number of nitrogens with one attached hydrogen (secondary N) is 2. The van der Waals surface area contributed by atoms with Gasteiger partial charge in [-0.15, -0.1) is 0 Å². The van der Waals surface area contributed by atoms with Crippen LogP contribution in [0.5, 0.6) is 5.75 Å². The number of benzene rings is 1. The molecule has 0 aliphatic heterocycles. The van der Waals surface area contributed by atoms with Crippen molar-refractivity contribution in [3.05, 3.63) is 48.3 Å². The fraction of sp³-hybridized carbons (Fsp3) is 0.316. The third kappa shape index (κ3) is 4.11. The van der Waals surface area contributed by atoms with E-state index in [0.717, 1.165) is 28.8 Å². The molecule has 0 unspecified atom stereocenters. The molecule has 0 radical (unpaired) electrons. The molecule has 7 nitrogen and oxygen atoms in total. The minimum absolute atomic E-state index is 0.236. The number of nitrogens with zero attached hydrogens (tertiary/aromatic N) is 3. The Hall–Kier alpha value is -3.09. The normalized spacial score (nSPS) is 10.9. The Bertz CT molecular complexity index is 887. The Labute approximate surface area is 152 Å². The zero-order valence-electron chi connectivity index (χ0n) is 15.2. The number of rotatable bonds is 6. The van der Waals surface area contributed by atoms with Crippen LogP contribution in [0.4, 0.5) is 10.5 Å². The summed E-state index contributed by atoms with van der Waals surface area (Å²) in [6.07, 6.45) is 4.15. The first kappa shape index (κ1) is 17.7. The van der Waals surface area contributed by atoms with Gasteiger partial charge in [-0.05, 0) is 44.0 Å². The van der Waals surface area contributed by atoms with E-state index in [4.69, 9.17) is 4.74 Å². The van der Waals surface area contributed by atoms with Crippen molar-refractivity contribution in [1.29, 1.82) is 0 Å². The highest BCUT2D eigenvalue weighted by molar-refractivity contribution is 5.91. The molecule has 0 atom stereocenters. The minimum atomic E-state index is -0.254. The highest BCUT2D eigenvalue weighted by Gasteiger charge is 2.09. The lowest BCUT2D eigenvalue weighted by atomic mass is 10.1. The van der Waals surface area contributed by atoms with Crippen molar-refractivity contribution in [2.45, 2.75) is 26.3 Å². The molecule has 136 valence electrons. The summed E-state index contributed by atoms with van der Waals surface area (Å²) < 4.78 is 6.99. The number of carbonyl (C=O) groups excluding carboxylic acids is 1. The summed E-state index contributed by atoms with van der Waals surface area (Å²) in [4.78, 5) is 16.5. The van der Waals surface area contributed by atoms with Gasteiger partial charge in [0.15, 0.2) is 5.65 Å². The van der Waals surface area contributed by atoms with Crippen molar-refractivity contribution in [3.8, 4) is 5.75 Å². The molecule has 1 aromatic carbocycles. The van der Waals surface area contributed by atoms with E-state index >= 15 is 0 Å². The molecule has 0 spiro atoms. The summed E-state index contributed by atoms with van der Waals surface area (Å²) in [5, 5.41) is 10.9. The Balaban J connectivity index is 1.53. The summed E-state index contributed by atoms with van der Waals surface area (Å²) in [6, 6.07) is 9.65. The topological polar surface area (TPSA) is 81.1 Å². The molecule has 2 amide bonds. The molecule has 0 saturated carbocycles. The van der Waals surface area contributed by atoms with Gasteiger partial charge in [0.25, 0.3) is 0 Å². The quantitative estimate of drug-likeness (QED) is 0.712. The van der Waals surface area contributed by atoms with E-state index in [9.17, 15) is 4.79 Å². The minimum Gasteiger partial charge on any atom is -0.497 e. The average Bonchev–Trinajstić information content (AvgIpc) is 3.06. The summed E-state index contributed by atoms with van der Waals surface area (Å²) >= 11 is 0. The van der Waals surface area contributed by atoms with E-state index in [1.807, 2.05) is 35.0 Å². The first-order chi connectivity index (χ1) is 12.6. The van der Waals surface area contributed by atoms with Crippen LogP contribution in [0.3, 0.4) is 0 Å². The lowest BCUT2D eigenvalue weighted by Gasteiger charge is -2.09. The molecular formula is C19H23N5O2. The fourth-order valence-electron chi connectivity index (χ4n) is 2.67. The third-order valence-electron chi connectivity index (χ3n) is 4.04. The van der Waals surface area contributed by atoms with Gasteiger partial charge in [-0.3, -0.25) is 0 Å². The molecule has 0 aliphatic rings. The van der Waals surface area contributed by atoms with Crippen LogP contribution in [-0.2, 0) is 6.42 Å². The number of ether oxygens (including phenoxy) is 1. The van der Waals surface area contributed by atoms with Gasteiger partial charge in [-0.1, -0.05) is 12.1 Å². The number of methoxy groups -OCH3 is 1. The van der Waals surface area contributed by atoms with Gasteiger partial charge < -0.3 is 15.4 Å².